The largest absolute Gasteiger partial charge is 0.463 e. The molecule has 2 atom stereocenters. The number of hydrogen-bond donors (Lipinski definition) is 2. The Morgan fingerprint density at radius 2 is 2.03 bits per heavy atom. The monoisotopic (exact) mass is 503 g/mol. The normalized spacial score (nSPS) is 15.7. The van der Waals surface area contributed by atoms with Crippen LogP contribution in [0.5, 0.6) is 0 Å². The van der Waals surface area contributed by atoms with Crippen LogP contribution in [-0.4, -0.2) is 59.2 Å². The van der Waals surface area contributed by atoms with Crippen LogP contribution in [0.15, 0.2) is 48.6 Å². The van der Waals surface area contributed by atoms with Crippen LogP contribution in [0, 0.1) is 25.2 Å². The minimum atomic E-state index is -0.668. The average Bonchev–Trinajstić information content (AvgIpc) is 3.53. The number of H-pyrrole nitrogens is 1. The van der Waals surface area contributed by atoms with Crippen LogP contribution >= 0.6 is 0 Å². The molecule has 2 amide bonds. The fourth-order valence-electron chi connectivity index (χ4n) is 4.39. The van der Waals surface area contributed by atoms with Gasteiger partial charge in [0.1, 0.15) is 0 Å². The van der Waals surface area contributed by atoms with Gasteiger partial charge in [-0.05, 0) is 44.4 Å². The van der Waals surface area contributed by atoms with Gasteiger partial charge in [-0.1, -0.05) is 30.3 Å². The number of esters is 1. The summed E-state index contributed by atoms with van der Waals surface area (Å²) in [6, 6.07) is 10.7. The molecule has 37 heavy (non-hydrogen) atoms. The van der Waals surface area contributed by atoms with Crippen LogP contribution in [0.1, 0.15) is 48.7 Å². The third-order valence-corrected chi connectivity index (χ3v) is 6.37. The van der Waals surface area contributed by atoms with Crippen molar-refractivity contribution < 1.29 is 23.9 Å². The number of aromatic nitrogens is 1. The van der Waals surface area contributed by atoms with E-state index >= 15 is 0 Å². The minimum Gasteiger partial charge on any atom is -0.463 e. The molecule has 2 aromatic rings. The molecule has 0 aliphatic carbocycles. The van der Waals surface area contributed by atoms with E-state index in [1.165, 1.54) is 17.1 Å². The van der Waals surface area contributed by atoms with Crippen molar-refractivity contribution in [2.75, 3.05) is 19.7 Å². The van der Waals surface area contributed by atoms with E-state index < -0.39 is 12.0 Å². The Morgan fingerprint density at radius 3 is 2.70 bits per heavy atom. The number of carbonyl (C=O) groups excluding carboxylic acids is 4. The van der Waals surface area contributed by atoms with Gasteiger partial charge in [0.25, 0.3) is 0 Å². The van der Waals surface area contributed by atoms with Crippen molar-refractivity contribution in [2.45, 2.75) is 45.6 Å². The molecule has 1 fully saturated rings. The summed E-state index contributed by atoms with van der Waals surface area (Å²) in [6.45, 7) is 4.21. The molecule has 1 saturated heterocycles. The van der Waals surface area contributed by atoms with Gasteiger partial charge in [0, 0.05) is 42.6 Å². The highest BCUT2D eigenvalue weighted by molar-refractivity contribution is 5.99. The number of aromatic amines is 1. The number of ether oxygens (including phenoxy) is 1. The van der Waals surface area contributed by atoms with Crippen molar-refractivity contribution >= 4 is 23.6 Å². The highest BCUT2D eigenvalue weighted by Gasteiger charge is 2.32. The van der Waals surface area contributed by atoms with Gasteiger partial charge in [-0.15, -0.1) is 12.3 Å². The van der Waals surface area contributed by atoms with Gasteiger partial charge >= 0.3 is 5.97 Å². The second-order valence-electron chi connectivity index (χ2n) is 8.94. The van der Waals surface area contributed by atoms with Crippen LogP contribution in [0.2, 0.25) is 0 Å². The summed E-state index contributed by atoms with van der Waals surface area (Å²) < 4.78 is 4.99. The number of rotatable bonds is 12. The topological polar surface area (TPSA) is 109 Å². The number of hydrogen-bond acceptors (Lipinski definition) is 5. The number of nitrogens with one attached hydrogen (secondary N) is 2. The number of nitrogens with zero attached hydrogens (tertiary/aromatic N) is 1. The summed E-state index contributed by atoms with van der Waals surface area (Å²) in [6.07, 6.45) is 9.30. The predicted octanol–water partition coefficient (Wildman–Crippen LogP) is 3.43. The van der Waals surface area contributed by atoms with E-state index in [0.29, 0.717) is 18.7 Å². The average molecular weight is 504 g/mol. The third kappa shape index (κ3) is 7.43. The Balaban J connectivity index is 1.88. The minimum absolute atomic E-state index is 0.0452. The molecule has 8 nitrogen and oxygen atoms in total. The summed E-state index contributed by atoms with van der Waals surface area (Å²) in [7, 11) is 0. The summed E-state index contributed by atoms with van der Waals surface area (Å²) >= 11 is 0. The molecule has 1 aromatic carbocycles. The molecule has 8 heteroatoms. The van der Waals surface area contributed by atoms with Crippen LogP contribution in [0.25, 0.3) is 11.3 Å². The van der Waals surface area contributed by atoms with Crippen molar-refractivity contribution in [3.8, 4) is 23.6 Å². The Kier molecular flexibility index (Phi) is 9.84. The van der Waals surface area contributed by atoms with Gasteiger partial charge in [0.2, 0.25) is 11.8 Å². The lowest BCUT2D eigenvalue weighted by atomic mass is 9.96. The Labute approximate surface area is 217 Å². The first-order valence-corrected chi connectivity index (χ1v) is 12.5. The molecule has 3 rings (SSSR count). The smallest absolute Gasteiger partial charge is 0.330 e. The van der Waals surface area contributed by atoms with Gasteiger partial charge in [0.15, 0.2) is 5.78 Å². The summed E-state index contributed by atoms with van der Waals surface area (Å²) in [5.74, 6) is 0.835. The van der Waals surface area contributed by atoms with Gasteiger partial charge in [-0.3, -0.25) is 14.4 Å². The lowest BCUT2D eigenvalue weighted by molar-refractivity contribution is -0.137. The van der Waals surface area contributed by atoms with E-state index in [-0.39, 0.29) is 55.9 Å². The van der Waals surface area contributed by atoms with Crippen LogP contribution in [-0.2, 0) is 19.1 Å². The second kappa shape index (κ2) is 13.3. The zero-order valence-corrected chi connectivity index (χ0v) is 21.3. The molecule has 1 aliphatic rings. The van der Waals surface area contributed by atoms with E-state index in [4.69, 9.17) is 11.2 Å². The number of benzene rings is 1. The maximum absolute atomic E-state index is 13.3. The molecule has 2 N–H and O–H groups in total. The van der Waals surface area contributed by atoms with Gasteiger partial charge in [-0.2, -0.15) is 0 Å². The lowest BCUT2D eigenvalue weighted by Gasteiger charge is -2.30. The second-order valence-corrected chi connectivity index (χ2v) is 8.94. The Bertz CT molecular complexity index is 1210. The lowest BCUT2D eigenvalue weighted by Crippen LogP contribution is -2.44. The maximum atomic E-state index is 13.3. The van der Waals surface area contributed by atoms with E-state index in [1.807, 2.05) is 37.3 Å². The fourth-order valence-corrected chi connectivity index (χ4v) is 4.39. The third-order valence-electron chi connectivity index (χ3n) is 6.37. The molecular weight excluding hydrogens is 470 g/mol. The first-order chi connectivity index (χ1) is 17.8. The number of aryl methyl sites for hydroxylation is 1. The molecule has 0 spiro atoms. The van der Waals surface area contributed by atoms with E-state index in [2.05, 4.69) is 16.2 Å². The number of carbonyl (C=O) groups is 4. The van der Waals surface area contributed by atoms with Crippen molar-refractivity contribution in [2.24, 2.45) is 5.92 Å². The zero-order chi connectivity index (χ0) is 26.8. The maximum Gasteiger partial charge on any atom is 0.330 e. The van der Waals surface area contributed by atoms with E-state index in [1.54, 1.807) is 13.0 Å². The highest BCUT2D eigenvalue weighted by atomic mass is 16.5. The number of terminal acetylenes is 1. The number of Topliss-reactive ketones (excluding diaryl/α,β-unsaturated/α-hetero) is 1. The van der Waals surface area contributed by atoms with Gasteiger partial charge < -0.3 is 19.9 Å². The Morgan fingerprint density at radius 1 is 1.24 bits per heavy atom. The summed E-state index contributed by atoms with van der Waals surface area (Å²) in [5, 5.41) is 2.80. The van der Waals surface area contributed by atoms with Crippen LogP contribution in [0.4, 0.5) is 0 Å². The van der Waals surface area contributed by atoms with Crippen molar-refractivity contribution in [1.82, 2.24) is 15.2 Å². The highest BCUT2D eigenvalue weighted by Crippen LogP contribution is 2.24. The molecule has 2 heterocycles. The molecule has 1 aromatic heterocycles. The van der Waals surface area contributed by atoms with Crippen molar-refractivity contribution in [3.05, 3.63) is 59.8 Å². The van der Waals surface area contributed by atoms with E-state index in [9.17, 15) is 19.2 Å². The van der Waals surface area contributed by atoms with Crippen molar-refractivity contribution in [1.29, 1.82) is 0 Å². The molecular formula is C29H33N3O5. The number of ketones is 1. The number of amides is 2. The fraction of sp³-hybridized carbons (Fsp3) is 0.379. The SMILES string of the molecule is C#CCCC(=O)N(CC(=O)c1ccc(-c2ccccc2C)[nH]1)[C@H](C=CC(=O)OCC)C[C@@H]1CCNC1=O. The zero-order valence-electron chi connectivity index (χ0n) is 21.3. The van der Waals surface area contributed by atoms with E-state index in [0.717, 1.165) is 16.8 Å². The predicted molar refractivity (Wildman–Crippen MR) is 140 cm³/mol. The molecule has 0 saturated carbocycles. The molecule has 0 unspecified atom stereocenters. The van der Waals surface area contributed by atoms with Crippen LogP contribution in [0.3, 0.4) is 0 Å². The summed E-state index contributed by atoms with van der Waals surface area (Å²) in [4.78, 5) is 55.5. The first-order valence-electron chi connectivity index (χ1n) is 12.5. The first kappa shape index (κ1) is 27.5. The standard InChI is InChI=1S/C29H33N3O5/c1-4-6-11-27(34)32(22(12-15-28(35)37-5-2)18-21-16-17-30-29(21)36)19-26(33)25-14-13-24(31-25)23-10-8-7-9-20(23)3/h1,7-10,12-15,21-22,31H,5-6,11,16-19H2,2-3H3,(H,30,36)/t21-,22+/m0/s1. The Hall–Kier alpha value is -4.12. The summed E-state index contributed by atoms with van der Waals surface area (Å²) in [5.41, 5.74) is 3.20. The molecule has 0 bridgehead atoms. The molecule has 1 aliphatic heterocycles. The quantitative estimate of drug-likeness (QED) is 0.200. The van der Waals surface area contributed by atoms with Gasteiger partial charge in [-0.25, -0.2) is 4.79 Å². The van der Waals surface area contributed by atoms with Gasteiger partial charge in [0.05, 0.1) is 24.9 Å². The van der Waals surface area contributed by atoms with Crippen molar-refractivity contribution in [3.63, 3.8) is 0 Å². The molecule has 0 radical (unpaired) electrons. The molecule has 194 valence electrons. The van der Waals surface area contributed by atoms with Crippen LogP contribution < -0.4 is 5.32 Å².